The summed E-state index contributed by atoms with van der Waals surface area (Å²) in [5, 5.41) is 0. The molecular weight excluding hydrogens is 212 g/mol. The Labute approximate surface area is 106 Å². The third-order valence-electron chi connectivity index (χ3n) is 4.03. The number of amides is 1. The standard InChI is InChI=1S/C14H28N2O/c1-10(2)12(15)13(17)16-8-6-11(7-9-16)14(3,4)5/h10-12H,6-9,15H2,1-5H3/t12-/m1/s1. The van der Waals surface area contributed by atoms with Gasteiger partial charge in [0, 0.05) is 13.1 Å². The highest BCUT2D eigenvalue weighted by atomic mass is 16.2. The van der Waals surface area contributed by atoms with Crippen molar-refractivity contribution in [1.82, 2.24) is 4.90 Å². The Morgan fingerprint density at radius 1 is 1.24 bits per heavy atom. The molecule has 0 radical (unpaired) electrons. The van der Waals surface area contributed by atoms with Crippen LogP contribution in [0, 0.1) is 17.3 Å². The van der Waals surface area contributed by atoms with E-state index in [1.807, 2.05) is 18.7 Å². The smallest absolute Gasteiger partial charge is 0.239 e. The highest BCUT2D eigenvalue weighted by Crippen LogP contribution is 2.34. The molecule has 3 nitrogen and oxygen atoms in total. The maximum atomic E-state index is 12.1. The molecule has 0 bridgehead atoms. The molecule has 1 aliphatic heterocycles. The molecule has 100 valence electrons. The molecular formula is C14H28N2O. The average Bonchev–Trinajstić information content (AvgIpc) is 2.26. The van der Waals surface area contributed by atoms with Crippen LogP contribution in [0.5, 0.6) is 0 Å². The minimum absolute atomic E-state index is 0.132. The molecule has 17 heavy (non-hydrogen) atoms. The molecule has 0 spiro atoms. The van der Waals surface area contributed by atoms with Crippen LogP contribution in [0.25, 0.3) is 0 Å². The summed E-state index contributed by atoms with van der Waals surface area (Å²) in [6.07, 6.45) is 2.22. The zero-order chi connectivity index (χ0) is 13.2. The molecule has 1 amide bonds. The van der Waals surface area contributed by atoms with Gasteiger partial charge < -0.3 is 10.6 Å². The highest BCUT2D eigenvalue weighted by molar-refractivity contribution is 5.82. The number of carbonyl (C=O) groups is 1. The van der Waals surface area contributed by atoms with Crippen LogP contribution in [-0.2, 0) is 4.79 Å². The van der Waals surface area contributed by atoms with Crippen LogP contribution in [0.2, 0.25) is 0 Å². The average molecular weight is 240 g/mol. The van der Waals surface area contributed by atoms with Gasteiger partial charge in [-0.25, -0.2) is 0 Å². The van der Waals surface area contributed by atoms with Crippen LogP contribution in [-0.4, -0.2) is 29.9 Å². The van der Waals surface area contributed by atoms with E-state index < -0.39 is 0 Å². The van der Waals surface area contributed by atoms with E-state index in [1.54, 1.807) is 0 Å². The lowest BCUT2D eigenvalue weighted by Crippen LogP contribution is -2.50. The fourth-order valence-corrected chi connectivity index (χ4v) is 2.46. The van der Waals surface area contributed by atoms with E-state index >= 15 is 0 Å². The number of nitrogens with zero attached hydrogens (tertiary/aromatic N) is 1. The molecule has 1 saturated heterocycles. The SMILES string of the molecule is CC(C)[C@@H](N)C(=O)N1CCC(C(C)(C)C)CC1. The summed E-state index contributed by atoms with van der Waals surface area (Å²) in [5.41, 5.74) is 6.28. The number of nitrogens with two attached hydrogens (primary N) is 1. The molecule has 1 heterocycles. The van der Waals surface area contributed by atoms with Gasteiger partial charge in [0.2, 0.25) is 5.91 Å². The zero-order valence-corrected chi connectivity index (χ0v) is 12.0. The van der Waals surface area contributed by atoms with Gasteiger partial charge in [-0.15, -0.1) is 0 Å². The number of carbonyl (C=O) groups excluding carboxylic acids is 1. The Balaban J connectivity index is 2.50. The van der Waals surface area contributed by atoms with E-state index in [0.717, 1.165) is 31.8 Å². The lowest BCUT2D eigenvalue weighted by molar-refractivity contribution is -0.135. The Bertz CT molecular complexity index is 260. The zero-order valence-electron chi connectivity index (χ0n) is 12.0. The minimum Gasteiger partial charge on any atom is -0.341 e. The molecule has 0 aromatic rings. The Kier molecular flexibility index (Phi) is 4.59. The largest absolute Gasteiger partial charge is 0.341 e. The third kappa shape index (κ3) is 3.70. The quantitative estimate of drug-likeness (QED) is 0.804. The first-order valence-corrected chi connectivity index (χ1v) is 6.78. The summed E-state index contributed by atoms with van der Waals surface area (Å²) in [4.78, 5) is 14.0. The fourth-order valence-electron chi connectivity index (χ4n) is 2.46. The second-order valence-corrected chi connectivity index (χ2v) is 6.74. The van der Waals surface area contributed by atoms with Crippen molar-refractivity contribution in [1.29, 1.82) is 0 Å². The van der Waals surface area contributed by atoms with Crippen molar-refractivity contribution in [3.05, 3.63) is 0 Å². The summed E-state index contributed by atoms with van der Waals surface area (Å²) < 4.78 is 0. The van der Waals surface area contributed by atoms with Gasteiger partial charge in [-0.3, -0.25) is 4.79 Å². The number of likely N-dealkylation sites (tertiary alicyclic amines) is 1. The van der Waals surface area contributed by atoms with E-state index in [9.17, 15) is 4.79 Å². The van der Waals surface area contributed by atoms with E-state index in [4.69, 9.17) is 5.73 Å². The molecule has 0 saturated carbocycles. The van der Waals surface area contributed by atoms with Crippen molar-refractivity contribution >= 4 is 5.91 Å². The number of piperidine rings is 1. The van der Waals surface area contributed by atoms with Crippen molar-refractivity contribution in [3.63, 3.8) is 0 Å². The van der Waals surface area contributed by atoms with E-state index in [2.05, 4.69) is 20.8 Å². The second kappa shape index (κ2) is 5.38. The van der Waals surface area contributed by atoms with Gasteiger partial charge in [-0.1, -0.05) is 34.6 Å². The predicted octanol–water partition coefficient (Wildman–Crippen LogP) is 2.25. The van der Waals surface area contributed by atoms with E-state index in [-0.39, 0.29) is 17.9 Å². The molecule has 0 aromatic carbocycles. The van der Waals surface area contributed by atoms with Crippen molar-refractivity contribution in [2.24, 2.45) is 23.0 Å². The van der Waals surface area contributed by atoms with Crippen molar-refractivity contribution in [3.8, 4) is 0 Å². The van der Waals surface area contributed by atoms with Crippen LogP contribution < -0.4 is 5.73 Å². The van der Waals surface area contributed by atoms with Crippen LogP contribution in [0.15, 0.2) is 0 Å². The molecule has 1 atom stereocenters. The Morgan fingerprint density at radius 2 is 1.71 bits per heavy atom. The summed E-state index contributed by atoms with van der Waals surface area (Å²) >= 11 is 0. The summed E-state index contributed by atoms with van der Waals surface area (Å²) in [6, 6.07) is -0.332. The van der Waals surface area contributed by atoms with Crippen LogP contribution in [0.4, 0.5) is 0 Å². The predicted molar refractivity (Wildman–Crippen MR) is 71.6 cm³/mol. The second-order valence-electron chi connectivity index (χ2n) is 6.74. The molecule has 1 aliphatic rings. The van der Waals surface area contributed by atoms with Crippen LogP contribution in [0.1, 0.15) is 47.5 Å². The van der Waals surface area contributed by atoms with E-state index in [1.165, 1.54) is 0 Å². The van der Waals surface area contributed by atoms with Crippen molar-refractivity contribution < 1.29 is 4.79 Å². The number of hydrogen-bond donors (Lipinski definition) is 1. The molecule has 0 aliphatic carbocycles. The normalized spacial score (nSPS) is 20.8. The Hall–Kier alpha value is -0.570. The lowest BCUT2D eigenvalue weighted by atomic mass is 9.75. The fraction of sp³-hybridized carbons (Fsp3) is 0.929. The summed E-state index contributed by atoms with van der Waals surface area (Å²) in [7, 11) is 0. The highest BCUT2D eigenvalue weighted by Gasteiger charge is 2.32. The summed E-state index contributed by atoms with van der Waals surface area (Å²) in [5.74, 6) is 1.08. The van der Waals surface area contributed by atoms with Gasteiger partial charge in [0.05, 0.1) is 6.04 Å². The topological polar surface area (TPSA) is 46.3 Å². The third-order valence-corrected chi connectivity index (χ3v) is 4.03. The first kappa shape index (κ1) is 14.5. The lowest BCUT2D eigenvalue weighted by Gasteiger charge is -2.39. The molecule has 0 unspecified atom stereocenters. The molecule has 1 rings (SSSR count). The first-order valence-electron chi connectivity index (χ1n) is 6.78. The first-order chi connectivity index (χ1) is 7.73. The van der Waals surface area contributed by atoms with Gasteiger partial charge >= 0.3 is 0 Å². The van der Waals surface area contributed by atoms with Crippen molar-refractivity contribution in [2.75, 3.05) is 13.1 Å². The maximum absolute atomic E-state index is 12.1. The maximum Gasteiger partial charge on any atom is 0.239 e. The van der Waals surface area contributed by atoms with Crippen LogP contribution in [0.3, 0.4) is 0 Å². The molecule has 2 N–H and O–H groups in total. The van der Waals surface area contributed by atoms with Gasteiger partial charge in [-0.05, 0) is 30.1 Å². The molecule has 1 fully saturated rings. The Morgan fingerprint density at radius 3 is 2.06 bits per heavy atom. The molecule has 0 aromatic heterocycles. The van der Waals surface area contributed by atoms with Gasteiger partial charge in [0.1, 0.15) is 0 Å². The monoisotopic (exact) mass is 240 g/mol. The minimum atomic E-state index is -0.332. The van der Waals surface area contributed by atoms with Crippen molar-refractivity contribution in [2.45, 2.75) is 53.5 Å². The van der Waals surface area contributed by atoms with Crippen LogP contribution >= 0.6 is 0 Å². The number of rotatable bonds is 2. The van der Waals surface area contributed by atoms with Gasteiger partial charge in [0.15, 0.2) is 0 Å². The van der Waals surface area contributed by atoms with Gasteiger partial charge in [0.25, 0.3) is 0 Å². The molecule has 3 heteroatoms. The number of hydrogen-bond acceptors (Lipinski definition) is 2. The summed E-state index contributed by atoms with van der Waals surface area (Å²) in [6.45, 7) is 12.6. The van der Waals surface area contributed by atoms with Gasteiger partial charge in [-0.2, -0.15) is 0 Å². The van der Waals surface area contributed by atoms with E-state index in [0.29, 0.717) is 5.41 Å².